The van der Waals surface area contributed by atoms with Crippen molar-refractivity contribution in [2.24, 2.45) is 0 Å². The quantitative estimate of drug-likeness (QED) is 0.824. The Labute approximate surface area is 111 Å². The van der Waals surface area contributed by atoms with Gasteiger partial charge in [0.05, 0.1) is 12.2 Å². The van der Waals surface area contributed by atoms with Gasteiger partial charge in [-0.15, -0.1) is 0 Å². The van der Waals surface area contributed by atoms with E-state index in [0.29, 0.717) is 12.2 Å². The molecule has 5 nitrogen and oxygen atoms in total. The van der Waals surface area contributed by atoms with Crippen LogP contribution in [0.4, 0.5) is 5.69 Å². The van der Waals surface area contributed by atoms with Crippen molar-refractivity contribution in [2.45, 2.75) is 6.92 Å². The molecule has 5 heteroatoms. The normalized spacial score (nSPS) is 10.9. The molecule has 1 amide bonds. The maximum atomic E-state index is 11.7. The summed E-state index contributed by atoms with van der Waals surface area (Å²) in [5.74, 6) is -0.0685. The molecule has 0 radical (unpaired) electrons. The molecule has 0 aliphatic carbocycles. The molecule has 0 aliphatic heterocycles. The van der Waals surface area contributed by atoms with Gasteiger partial charge in [0.1, 0.15) is 0 Å². The molecule has 0 unspecified atom stereocenters. The fourth-order valence-corrected chi connectivity index (χ4v) is 1.89. The van der Waals surface area contributed by atoms with E-state index in [9.17, 15) is 9.59 Å². The Balaban J connectivity index is 2.21. The molecule has 0 aliphatic rings. The molecule has 0 fully saturated rings. The van der Waals surface area contributed by atoms with Gasteiger partial charge in [-0.3, -0.25) is 9.59 Å². The van der Waals surface area contributed by atoms with Gasteiger partial charge in [0, 0.05) is 23.5 Å². The number of ketones is 1. The number of benzene rings is 1. The van der Waals surface area contributed by atoms with Crippen molar-refractivity contribution < 1.29 is 9.59 Å². The van der Waals surface area contributed by atoms with Gasteiger partial charge in [0.2, 0.25) is 5.91 Å². The van der Waals surface area contributed by atoms with Crippen LogP contribution in [0.25, 0.3) is 10.9 Å². The zero-order chi connectivity index (χ0) is 14.0. The number of nitrogens with one attached hydrogen (secondary N) is 2. The second-order valence-corrected chi connectivity index (χ2v) is 4.83. The SMILES string of the molecule is CC(=O)c1cc2cc(NC(=O)CN(C)C)ccc2[nH]1. The first-order valence-corrected chi connectivity index (χ1v) is 6.04. The number of carbonyl (C=O) groups is 2. The lowest BCUT2D eigenvalue weighted by molar-refractivity contribution is -0.116. The molecule has 100 valence electrons. The third-order valence-electron chi connectivity index (χ3n) is 2.74. The Bertz CT molecular complexity index is 629. The van der Waals surface area contributed by atoms with Crippen molar-refractivity contribution in [1.29, 1.82) is 0 Å². The minimum Gasteiger partial charge on any atom is -0.352 e. The highest BCUT2D eigenvalue weighted by Crippen LogP contribution is 2.20. The number of amides is 1. The number of likely N-dealkylation sites (N-methyl/N-ethyl adjacent to an activating group) is 1. The van der Waals surface area contributed by atoms with Crippen molar-refractivity contribution in [3.63, 3.8) is 0 Å². The van der Waals surface area contributed by atoms with Crippen LogP contribution in [-0.4, -0.2) is 42.2 Å². The number of anilines is 1. The van der Waals surface area contributed by atoms with Crippen LogP contribution in [0.15, 0.2) is 24.3 Å². The number of nitrogens with zero attached hydrogens (tertiary/aromatic N) is 1. The number of carbonyl (C=O) groups excluding carboxylic acids is 2. The van der Waals surface area contributed by atoms with Crippen LogP contribution in [0.1, 0.15) is 17.4 Å². The number of aromatic amines is 1. The van der Waals surface area contributed by atoms with Crippen molar-refractivity contribution in [1.82, 2.24) is 9.88 Å². The van der Waals surface area contributed by atoms with E-state index >= 15 is 0 Å². The fourth-order valence-electron chi connectivity index (χ4n) is 1.89. The largest absolute Gasteiger partial charge is 0.352 e. The van der Waals surface area contributed by atoms with Crippen LogP contribution in [-0.2, 0) is 4.79 Å². The van der Waals surface area contributed by atoms with Gasteiger partial charge in [-0.1, -0.05) is 0 Å². The molecule has 1 heterocycles. The first-order chi connectivity index (χ1) is 8.95. The van der Waals surface area contributed by atoms with Gasteiger partial charge in [-0.2, -0.15) is 0 Å². The molecule has 2 rings (SSSR count). The first-order valence-electron chi connectivity index (χ1n) is 6.04. The zero-order valence-corrected chi connectivity index (χ0v) is 11.3. The highest BCUT2D eigenvalue weighted by Gasteiger charge is 2.07. The van der Waals surface area contributed by atoms with Crippen molar-refractivity contribution in [3.05, 3.63) is 30.0 Å². The number of aromatic nitrogens is 1. The second kappa shape index (κ2) is 5.24. The van der Waals surface area contributed by atoms with E-state index in [-0.39, 0.29) is 11.7 Å². The molecule has 0 saturated heterocycles. The van der Waals surface area contributed by atoms with E-state index in [1.54, 1.807) is 11.0 Å². The highest BCUT2D eigenvalue weighted by molar-refractivity contribution is 6.00. The van der Waals surface area contributed by atoms with E-state index in [1.165, 1.54) is 6.92 Å². The molecule has 0 spiro atoms. The molecule has 19 heavy (non-hydrogen) atoms. The summed E-state index contributed by atoms with van der Waals surface area (Å²) in [5, 5.41) is 3.73. The number of fused-ring (bicyclic) bond motifs is 1. The molecule has 0 atom stereocenters. The molecular formula is C14H17N3O2. The van der Waals surface area contributed by atoms with Crippen LogP contribution in [0.2, 0.25) is 0 Å². The third kappa shape index (κ3) is 3.20. The number of H-pyrrole nitrogens is 1. The van der Waals surface area contributed by atoms with Gasteiger partial charge in [0.25, 0.3) is 0 Å². The van der Waals surface area contributed by atoms with E-state index in [2.05, 4.69) is 10.3 Å². The molecule has 2 N–H and O–H groups in total. The lowest BCUT2D eigenvalue weighted by Crippen LogP contribution is -2.27. The third-order valence-corrected chi connectivity index (χ3v) is 2.74. The van der Waals surface area contributed by atoms with Crippen LogP contribution in [0.5, 0.6) is 0 Å². The van der Waals surface area contributed by atoms with E-state index in [1.807, 2.05) is 32.3 Å². The molecular weight excluding hydrogens is 242 g/mol. The number of rotatable bonds is 4. The first kappa shape index (κ1) is 13.3. The molecule has 1 aromatic heterocycles. The van der Waals surface area contributed by atoms with Crippen LogP contribution < -0.4 is 5.32 Å². The predicted molar refractivity (Wildman–Crippen MR) is 75.5 cm³/mol. The van der Waals surface area contributed by atoms with E-state index < -0.39 is 0 Å². The summed E-state index contributed by atoms with van der Waals surface area (Å²) in [4.78, 5) is 27.8. The maximum Gasteiger partial charge on any atom is 0.238 e. The topological polar surface area (TPSA) is 65.2 Å². The second-order valence-electron chi connectivity index (χ2n) is 4.83. The summed E-state index contributed by atoms with van der Waals surface area (Å²) >= 11 is 0. The summed E-state index contributed by atoms with van der Waals surface area (Å²) < 4.78 is 0. The van der Waals surface area contributed by atoms with Gasteiger partial charge < -0.3 is 15.2 Å². The Morgan fingerprint density at radius 3 is 2.63 bits per heavy atom. The number of Topliss-reactive ketones (excluding diaryl/α,β-unsaturated/α-hetero) is 1. The van der Waals surface area contributed by atoms with Gasteiger partial charge >= 0.3 is 0 Å². The van der Waals surface area contributed by atoms with E-state index in [0.717, 1.165) is 16.6 Å². The monoisotopic (exact) mass is 259 g/mol. The summed E-state index contributed by atoms with van der Waals surface area (Å²) in [6.45, 7) is 1.86. The van der Waals surface area contributed by atoms with Gasteiger partial charge in [-0.05, 0) is 38.4 Å². The minimum absolute atomic E-state index is 0.00519. The lowest BCUT2D eigenvalue weighted by Gasteiger charge is -2.10. The summed E-state index contributed by atoms with van der Waals surface area (Å²) in [6.07, 6.45) is 0. The Morgan fingerprint density at radius 2 is 2.00 bits per heavy atom. The Kier molecular flexibility index (Phi) is 3.66. The summed E-state index contributed by atoms with van der Waals surface area (Å²) in [6, 6.07) is 7.31. The smallest absolute Gasteiger partial charge is 0.238 e. The van der Waals surface area contributed by atoms with Crippen LogP contribution in [0, 0.1) is 0 Å². The zero-order valence-electron chi connectivity index (χ0n) is 11.3. The van der Waals surface area contributed by atoms with Crippen LogP contribution in [0.3, 0.4) is 0 Å². The number of hydrogen-bond acceptors (Lipinski definition) is 3. The molecule has 0 saturated carbocycles. The molecule has 0 bridgehead atoms. The summed E-state index contributed by atoms with van der Waals surface area (Å²) in [7, 11) is 3.68. The average molecular weight is 259 g/mol. The standard InChI is InChI=1S/C14H17N3O2/c1-9(18)13-7-10-6-11(4-5-12(10)16-13)15-14(19)8-17(2)3/h4-7,16H,8H2,1-3H3,(H,15,19). The minimum atomic E-state index is -0.0633. The van der Waals surface area contributed by atoms with Gasteiger partial charge in [0.15, 0.2) is 5.78 Å². The maximum absolute atomic E-state index is 11.7. The van der Waals surface area contributed by atoms with Crippen molar-refractivity contribution in [2.75, 3.05) is 26.0 Å². The van der Waals surface area contributed by atoms with Crippen molar-refractivity contribution in [3.8, 4) is 0 Å². The van der Waals surface area contributed by atoms with Crippen molar-refractivity contribution >= 4 is 28.3 Å². The van der Waals surface area contributed by atoms with Gasteiger partial charge in [-0.25, -0.2) is 0 Å². The van der Waals surface area contributed by atoms with E-state index in [4.69, 9.17) is 0 Å². The lowest BCUT2D eigenvalue weighted by atomic mass is 10.2. The highest BCUT2D eigenvalue weighted by atomic mass is 16.2. The summed E-state index contributed by atoms with van der Waals surface area (Å²) in [5.41, 5.74) is 2.19. The fraction of sp³-hybridized carbons (Fsp3) is 0.286. The van der Waals surface area contributed by atoms with Crippen LogP contribution >= 0.6 is 0 Å². The number of hydrogen-bond donors (Lipinski definition) is 2. The molecule has 2 aromatic rings. The molecule has 1 aromatic carbocycles. The predicted octanol–water partition coefficient (Wildman–Crippen LogP) is 1.87. The Hall–Kier alpha value is -2.14. The Morgan fingerprint density at radius 1 is 1.26 bits per heavy atom. The average Bonchev–Trinajstić information content (AvgIpc) is 2.70.